The minimum absolute atomic E-state index is 0.452. The van der Waals surface area contributed by atoms with Crippen LogP contribution in [0.1, 0.15) is 27.8 Å². The Morgan fingerprint density at radius 2 is 1.57 bits per heavy atom. The van der Waals surface area contributed by atoms with Gasteiger partial charge in [-0.05, 0) is 59.1 Å². The van der Waals surface area contributed by atoms with Gasteiger partial charge in [-0.1, -0.05) is 75.6 Å². The maximum Gasteiger partial charge on any atom is 0.141 e. The Morgan fingerprint density at radius 3 is 2.18 bits per heavy atom. The van der Waals surface area contributed by atoms with E-state index in [2.05, 4.69) is 69.1 Å². The fourth-order valence-electron chi connectivity index (χ4n) is 2.75. The molecule has 0 amide bonds. The molecule has 0 saturated carbocycles. The first kappa shape index (κ1) is 20.4. The van der Waals surface area contributed by atoms with Gasteiger partial charge in [0.25, 0.3) is 0 Å². The molecule has 3 aromatic carbocycles. The van der Waals surface area contributed by atoms with E-state index in [0.29, 0.717) is 17.9 Å². The summed E-state index contributed by atoms with van der Waals surface area (Å²) in [5, 5.41) is 9.69. The van der Waals surface area contributed by atoms with Crippen LogP contribution in [0.15, 0.2) is 69.6 Å². The van der Waals surface area contributed by atoms with Gasteiger partial charge in [-0.3, -0.25) is 0 Å². The van der Waals surface area contributed by atoms with E-state index < -0.39 is 0 Å². The van der Waals surface area contributed by atoms with Crippen molar-refractivity contribution in [3.05, 3.63) is 97.4 Å². The number of aryl methyl sites for hydroxylation is 2. The third-order valence-electron chi connectivity index (χ3n) is 4.32. The number of allylic oxidation sites excluding steroid dienone is 1. The summed E-state index contributed by atoms with van der Waals surface area (Å²) in [5.74, 6) is 0.712. The van der Waals surface area contributed by atoms with Gasteiger partial charge in [-0.25, -0.2) is 0 Å². The van der Waals surface area contributed by atoms with E-state index >= 15 is 0 Å². The minimum Gasteiger partial charge on any atom is -0.487 e. The Bertz CT molecular complexity index is 1050. The van der Waals surface area contributed by atoms with Crippen molar-refractivity contribution in [2.75, 3.05) is 0 Å². The van der Waals surface area contributed by atoms with Crippen LogP contribution in [0.2, 0.25) is 0 Å². The first-order valence-electron chi connectivity index (χ1n) is 8.82. The highest BCUT2D eigenvalue weighted by atomic mass is 79.9. The lowest BCUT2D eigenvalue weighted by Crippen LogP contribution is -1.98. The van der Waals surface area contributed by atoms with Gasteiger partial charge in [0.1, 0.15) is 12.4 Å². The van der Waals surface area contributed by atoms with Gasteiger partial charge < -0.3 is 4.74 Å². The SMILES string of the molecule is Cc1ccc(COc2c(Br)cc(Br)cc2/C=C(\C#N)c2ccc(C)cc2)cc1. The number of hydrogen-bond donors (Lipinski definition) is 0. The predicted molar refractivity (Wildman–Crippen MR) is 122 cm³/mol. The Labute approximate surface area is 182 Å². The Balaban J connectivity index is 1.96. The molecule has 0 aromatic heterocycles. The van der Waals surface area contributed by atoms with Crippen LogP contribution in [0.5, 0.6) is 5.75 Å². The molecule has 2 nitrogen and oxygen atoms in total. The molecule has 140 valence electrons. The lowest BCUT2D eigenvalue weighted by atomic mass is 10.0. The molecule has 0 aliphatic carbocycles. The highest BCUT2D eigenvalue weighted by molar-refractivity contribution is 9.11. The summed E-state index contributed by atoms with van der Waals surface area (Å²) in [6, 6.07) is 22.4. The molecule has 0 N–H and O–H groups in total. The van der Waals surface area contributed by atoms with Gasteiger partial charge in [-0.15, -0.1) is 0 Å². The zero-order valence-electron chi connectivity index (χ0n) is 15.7. The normalized spacial score (nSPS) is 11.2. The third-order valence-corrected chi connectivity index (χ3v) is 5.37. The zero-order chi connectivity index (χ0) is 20.1. The van der Waals surface area contributed by atoms with Gasteiger partial charge in [-0.2, -0.15) is 5.26 Å². The van der Waals surface area contributed by atoms with Crippen LogP contribution in [0.25, 0.3) is 11.6 Å². The molecule has 0 spiro atoms. The van der Waals surface area contributed by atoms with Crippen molar-refractivity contribution in [2.24, 2.45) is 0 Å². The molecule has 0 heterocycles. The van der Waals surface area contributed by atoms with Crippen molar-refractivity contribution < 1.29 is 4.74 Å². The van der Waals surface area contributed by atoms with E-state index in [9.17, 15) is 5.26 Å². The minimum atomic E-state index is 0.452. The summed E-state index contributed by atoms with van der Waals surface area (Å²) < 4.78 is 7.87. The fraction of sp³-hybridized carbons (Fsp3) is 0.125. The molecule has 0 aliphatic rings. The monoisotopic (exact) mass is 495 g/mol. The maximum atomic E-state index is 9.69. The second-order valence-corrected chi connectivity index (χ2v) is 8.39. The molecular formula is C24H19Br2NO. The highest BCUT2D eigenvalue weighted by Gasteiger charge is 2.11. The molecule has 3 aromatic rings. The first-order valence-corrected chi connectivity index (χ1v) is 10.4. The third kappa shape index (κ3) is 5.13. The average molecular weight is 497 g/mol. The number of halogens is 2. The summed E-state index contributed by atoms with van der Waals surface area (Å²) in [4.78, 5) is 0. The van der Waals surface area contributed by atoms with Crippen molar-refractivity contribution in [1.29, 1.82) is 5.26 Å². The topological polar surface area (TPSA) is 33.0 Å². The number of hydrogen-bond acceptors (Lipinski definition) is 2. The van der Waals surface area contributed by atoms with E-state index in [1.807, 2.05) is 49.4 Å². The predicted octanol–water partition coefficient (Wildman–Crippen LogP) is 7.47. The van der Waals surface area contributed by atoms with Crippen LogP contribution in [0.4, 0.5) is 0 Å². The van der Waals surface area contributed by atoms with Gasteiger partial charge in [0.15, 0.2) is 0 Å². The number of benzene rings is 3. The van der Waals surface area contributed by atoms with E-state index in [0.717, 1.165) is 31.2 Å². The standard InChI is InChI=1S/C24H19Br2NO/c1-16-3-7-18(8-4-16)15-28-24-20(12-22(25)13-23(24)26)11-21(14-27)19-9-5-17(2)6-10-19/h3-13H,15H2,1-2H3/b21-11+. The van der Waals surface area contributed by atoms with Crippen LogP contribution in [0, 0.1) is 25.2 Å². The lowest BCUT2D eigenvalue weighted by molar-refractivity contribution is 0.303. The molecule has 3 rings (SSSR count). The number of rotatable bonds is 5. The van der Waals surface area contributed by atoms with Crippen LogP contribution >= 0.6 is 31.9 Å². The second-order valence-electron chi connectivity index (χ2n) is 6.62. The van der Waals surface area contributed by atoms with Crippen molar-refractivity contribution in [1.82, 2.24) is 0 Å². The smallest absolute Gasteiger partial charge is 0.141 e. The van der Waals surface area contributed by atoms with Gasteiger partial charge in [0, 0.05) is 10.0 Å². The number of ether oxygens (including phenoxy) is 1. The van der Waals surface area contributed by atoms with Gasteiger partial charge in [0.2, 0.25) is 0 Å². The van der Waals surface area contributed by atoms with Crippen LogP contribution in [-0.2, 0) is 6.61 Å². The van der Waals surface area contributed by atoms with E-state index in [1.54, 1.807) is 0 Å². The number of nitriles is 1. The quantitative estimate of drug-likeness (QED) is 0.271. The first-order chi connectivity index (χ1) is 13.5. The molecule has 0 unspecified atom stereocenters. The van der Waals surface area contributed by atoms with Gasteiger partial charge in [0.05, 0.1) is 16.1 Å². The summed E-state index contributed by atoms with van der Waals surface area (Å²) >= 11 is 7.12. The summed E-state index contributed by atoms with van der Waals surface area (Å²) in [6.45, 7) is 4.54. The number of nitrogens with zero attached hydrogens (tertiary/aromatic N) is 1. The second kappa shape index (κ2) is 9.23. The van der Waals surface area contributed by atoms with Crippen molar-refractivity contribution in [2.45, 2.75) is 20.5 Å². The molecular weight excluding hydrogens is 478 g/mol. The average Bonchev–Trinajstić information content (AvgIpc) is 2.67. The molecule has 28 heavy (non-hydrogen) atoms. The molecule has 0 aliphatic heterocycles. The summed E-state index contributed by atoms with van der Waals surface area (Å²) in [7, 11) is 0. The van der Waals surface area contributed by atoms with E-state index in [1.165, 1.54) is 5.56 Å². The Kier molecular flexibility index (Phi) is 6.72. The van der Waals surface area contributed by atoms with Crippen molar-refractivity contribution >= 4 is 43.5 Å². The summed E-state index contributed by atoms with van der Waals surface area (Å²) in [6.07, 6.45) is 1.87. The molecule has 0 atom stereocenters. The zero-order valence-corrected chi connectivity index (χ0v) is 18.8. The molecule has 0 radical (unpaired) electrons. The Hall–Kier alpha value is -2.35. The highest BCUT2D eigenvalue weighted by Crippen LogP contribution is 2.36. The molecule has 0 fully saturated rings. The van der Waals surface area contributed by atoms with Crippen molar-refractivity contribution in [3.8, 4) is 11.8 Å². The largest absolute Gasteiger partial charge is 0.487 e. The van der Waals surface area contributed by atoms with Crippen LogP contribution in [0.3, 0.4) is 0 Å². The van der Waals surface area contributed by atoms with E-state index in [4.69, 9.17) is 4.74 Å². The van der Waals surface area contributed by atoms with E-state index in [-0.39, 0.29) is 0 Å². The molecule has 0 saturated heterocycles. The lowest BCUT2D eigenvalue weighted by Gasteiger charge is -2.13. The van der Waals surface area contributed by atoms with Gasteiger partial charge >= 0.3 is 0 Å². The van der Waals surface area contributed by atoms with Crippen LogP contribution in [-0.4, -0.2) is 0 Å². The Morgan fingerprint density at radius 1 is 0.964 bits per heavy atom. The molecule has 0 bridgehead atoms. The molecule has 4 heteroatoms. The fourth-order valence-corrected chi connectivity index (χ4v) is 4.12. The maximum absolute atomic E-state index is 9.69. The van der Waals surface area contributed by atoms with Crippen molar-refractivity contribution in [3.63, 3.8) is 0 Å². The summed E-state index contributed by atoms with van der Waals surface area (Å²) in [5.41, 5.74) is 5.78. The van der Waals surface area contributed by atoms with Crippen LogP contribution < -0.4 is 4.74 Å².